The Bertz CT molecular complexity index is 438. The molecule has 1 aromatic rings. The standard InChI is InChI=1S/C15H22N2O2.2ClH/c1-2-3-6-13(17-10-8-16-9-11-17)12-5-4-7-14(18)15(12)19;;/h2,4-5,7,13,16,18-19H,1,3,6,8-11H2;2*1H/t13-;;/m0../s1. The number of aromatic hydroxyl groups is 2. The minimum Gasteiger partial charge on any atom is -0.504 e. The summed E-state index contributed by atoms with van der Waals surface area (Å²) in [6, 6.07) is 5.33. The summed E-state index contributed by atoms with van der Waals surface area (Å²) >= 11 is 0. The van der Waals surface area contributed by atoms with Crippen LogP contribution in [0.5, 0.6) is 11.5 Å². The molecule has 1 aliphatic heterocycles. The maximum atomic E-state index is 10.1. The molecule has 0 spiro atoms. The number of hydrogen-bond acceptors (Lipinski definition) is 4. The molecule has 1 heterocycles. The lowest BCUT2D eigenvalue weighted by Gasteiger charge is -2.35. The smallest absolute Gasteiger partial charge is 0.162 e. The van der Waals surface area contributed by atoms with Gasteiger partial charge in [-0.15, -0.1) is 31.4 Å². The molecule has 0 bridgehead atoms. The maximum Gasteiger partial charge on any atom is 0.162 e. The highest BCUT2D eigenvalue weighted by molar-refractivity contribution is 5.85. The largest absolute Gasteiger partial charge is 0.504 e. The summed E-state index contributed by atoms with van der Waals surface area (Å²) in [5.41, 5.74) is 0.809. The molecule has 0 aromatic heterocycles. The molecule has 21 heavy (non-hydrogen) atoms. The first-order chi connectivity index (χ1) is 9.24. The number of benzene rings is 1. The van der Waals surface area contributed by atoms with E-state index >= 15 is 0 Å². The predicted molar refractivity (Wildman–Crippen MR) is 90.9 cm³/mol. The van der Waals surface area contributed by atoms with Crippen molar-refractivity contribution in [3.63, 3.8) is 0 Å². The minimum atomic E-state index is -0.0452. The van der Waals surface area contributed by atoms with E-state index in [-0.39, 0.29) is 42.4 Å². The molecule has 1 aromatic carbocycles. The number of para-hydroxylation sites is 1. The van der Waals surface area contributed by atoms with Crippen LogP contribution < -0.4 is 5.32 Å². The zero-order chi connectivity index (χ0) is 13.7. The van der Waals surface area contributed by atoms with Crippen molar-refractivity contribution in [1.82, 2.24) is 10.2 Å². The first kappa shape index (κ1) is 20.1. The highest BCUT2D eigenvalue weighted by Crippen LogP contribution is 2.37. The normalized spacial score (nSPS) is 16.4. The van der Waals surface area contributed by atoms with Gasteiger partial charge in [-0.2, -0.15) is 0 Å². The lowest BCUT2D eigenvalue weighted by Crippen LogP contribution is -2.45. The number of piperazine rings is 1. The number of nitrogens with one attached hydrogen (secondary N) is 1. The zero-order valence-electron chi connectivity index (χ0n) is 12.0. The highest BCUT2D eigenvalue weighted by atomic mass is 35.5. The highest BCUT2D eigenvalue weighted by Gasteiger charge is 2.24. The predicted octanol–water partition coefficient (Wildman–Crippen LogP) is 2.85. The number of hydrogen-bond donors (Lipinski definition) is 3. The van der Waals surface area contributed by atoms with E-state index in [0.29, 0.717) is 0 Å². The SMILES string of the molecule is C=CCC[C@@H](c1cccc(O)c1O)N1CCNCC1.Cl.Cl. The van der Waals surface area contributed by atoms with Crippen molar-refractivity contribution in [3.8, 4) is 11.5 Å². The maximum absolute atomic E-state index is 10.1. The average molecular weight is 335 g/mol. The third kappa shape index (κ3) is 5.08. The number of allylic oxidation sites excluding steroid dienone is 1. The molecule has 1 aliphatic rings. The molecule has 1 atom stereocenters. The summed E-state index contributed by atoms with van der Waals surface area (Å²) in [7, 11) is 0. The van der Waals surface area contributed by atoms with Gasteiger partial charge in [-0.05, 0) is 18.9 Å². The van der Waals surface area contributed by atoms with Crippen LogP contribution in [0.4, 0.5) is 0 Å². The number of rotatable bonds is 5. The molecule has 2 rings (SSSR count). The van der Waals surface area contributed by atoms with Crippen LogP contribution in [0.3, 0.4) is 0 Å². The van der Waals surface area contributed by atoms with Crippen LogP contribution in [0, 0.1) is 0 Å². The van der Waals surface area contributed by atoms with E-state index in [2.05, 4.69) is 16.8 Å². The van der Waals surface area contributed by atoms with Crippen LogP contribution in [0.25, 0.3) is 0 Å². The minimum absolute atomic E-state index is 0. The molecule has 0 aliphatic carbocycles. The number of nitrogens with zero attached hydrogens (tertiary/aromatic N) is 1. The van der Waals surface area contributed by atoms with E-state index in [4.69, 9.17) is 0 Å². The molecule has 0 amide bonds. The molecule has 0 saturated carbocycles. The van der Waals surface area contributed by atoms with Gasteiger partial charge in [0.2, 0.25) is 0 Å². The summed E-state index contributed by atoms with van der Waals surface area (Å²) in [6.45, 7) is 7.60. The Morgan fingerprint density at radius 2 is 1.90 bits per heavy atom. The fraction of sp³-hybridized carbons (Fsp3) is 0.467. The van der Waals surface area contributed by atoms with E-state index in [1.54, 1.807) is 6.07 Å². The van der Waals surface area contributed by atoms with Crippen molar-refractivity contribution in [2.45, 2.75) is 18.9 Å². The van der Waals surface area contributed by atoms with Crippen LogP contribution in [-0.4, -0.2) is 41.3 Å². The molecule has 120 valence electrons. The summed E-state index contributed by atoms with van der Waals surface area (Å²) in [4.78, 5) is 2.36. The van der Waals surface area contributed by atoms with Gasteiger partial charge in [-0.3, -0.25) is 4.90 Å². The van der Waals surface area contributed by atoms with Crippen molar-refractivity contribution < 1.29 is 10.2 Å². The van der Waals surface area contributed by atoms with Gasteiger partial charge in [0.25, 0.3) is 0 Å². The van der Waals surface area contributed by atoms with Crippen molar-refractivity contribution in [3.05, 3.63) is 36.4 Å². The first-order valence-electron chi connectivity index (χ1n) is 6.80. The Balaban J connectivity index is 0.00000200. The molecule has 0 unspecified atom stereocenters. The Kier molecular flexibility index (Phi) is 9.46. The van der Waals surface area contributed by atoms with Crippen LogP contribution in [0.2, 0.25) is 0 Å². The topological polar surface area (TPSA) is 55.7 Å². The van der Waals surface area contributed by atoms with Crippen LogP contribution >= 0.6 is 24.8 Å². The molecule has 1 saturated heterocycles. The summed E-state index contributed by atoms with van der Waals surface area (Å²) in [6.07, 6.45) is 3.69. The van der Waals surface area contributed by atoms with Crippen molar-refractivity contribution in [1.29, 1.82) is 0 Å². The first-order valence-corrected chi connectivity index (χ1v) is 6.80. The van der Waals surface area contributed by atoms with Crippen LogP contribution in [0.1, 0.15) is 24.4 Å². The molecule has 3 N–H and O–H groups in total. The second-order valence-corrected chi connectivity index (χ2v) is 4.88. The van der Waals surface area contributed by atoms with Gasteiger partial charge in [-0.25, -0.2) is 0 Å². The molecule has 6 heteroatoms. The summed E-state index contributed by atoms with van der Waals surface area (Å²) in [5, 5.41) is 23.1. The van der Waals surface area contributed by atoms with Crippen LogP contribution in [-0.2, 0) is 0 Å². The van der Waals surface area contributed by atoms with Gasteiger partial charge < -0.3 is 15.5 Å². The van der Waals surface area contributed by atoms with Crippen molar-refractivity contribution >= 4 is 24.8 Å². The Morgan fingerprint density at radius 1 is 1.24 bits per heavy atom. The molecular weight excluding hydrogens is 311 g/mol. The van der Waals surface area contributed by atoms with E-state index in [1.807, 2.05) is 12.1 Å². The molecule has 0 radical (unpaired) electrons. The van der Waals surface area contributed by atoms with Gasteiger partial charge in [0, 0.05) is 37.8 Å². The lowest BCUT2D eigenvalue weighted by molar-refractivity contribution is 0.163. The van der Waals surface area contributed by atoms with Crippen molar-refractivity contribution in [2.24, 2.45) is 0 Å². The number of phenols is 2. The lowest BCUT2D eigenvalue weighted by atomic mass is 9.98. The van der Waals surface area contributed by atoms with E-state index < -0.39 is 0 Å². The van der Waals surface area contributed by atoms with Gasteiger partial charge >= 0.3 is 0 Å². The second kappa shape index (κ2) is 9.90. The summed E-state index contributed by atoms with van der Waals surface area (Å²) < 4.78 is 0. The quantitative estimate of drug-likeness (QED) is 0.572. The van der Waals surface area contributed by atoms with Gasteiger partial charge in [0.05, 0.1) is 0 Å². The third-order valence-electron chi connectivity index (χ3n) is 3.64. The average Bonchev–Trinajstić information content (AvgIpc) is 2.45. The monoisotopic (exact) mass is 334 g/mol. The van der Waals surface area contributed by atoms with Crippen molar-refractivity contribution in [2.75, 3.05) is 26.2 Å². The van der Waals surface area contributed by atoms with Crippen LogP contribution in [0.15, 0.2) is 30.9 Å². The fourth-order valence-electron chi connectivity index (χ4n) is 2.62. The van der Waals surface area contributed by atoms with Gasteiger partial charge in [-0.1, -0.05) is 18.2 Å². The fourth-order valence-corrected chi connectivity index (χ4v) is 2.62. The van der Waals surface area contributed by atoms with Gasteiger partial charge in [0.1, 0.15) is 0 Å². The Hall–Kier alpha value is -0.940. The van der Waals surface area contributed by atoms with E-state index in [0.717, 1.165) is 44.6 Å². The Morgan fingerprint density at radius 3 is 2.52 bits per heavy atom. The molecule has 1 fully saturated rings. The molecular formula is C15H24Cl2N2O2. The third-order valence-corrected chi connectivity index (χ3v) is 3.64. The Labute approximate surface area is 138 Å². The number of phenolic OH excluding ortho intramolecular Hbond substituents is 2. The number of halogens is 2. The summed E-state index contributed by atoms with van der Waals surface area (Å²) in [5.74, 6) is -0.0358. The second-order valence-electron chi connectivity index (χ2n) is 4.88. The van der Waals surface area contributed by atoms with E-state index in [9.17, 15) is 10.2 Å². The van der Waals surface area contributed by atoms with E-state index in [1.165, 1.54) is 6.07 Å². The molecule has 4 nitrogen and oxygen atoms in total. The zero-order valence-corrected chi connectivity index (χ0v) is 13.6. The van der Waals surface area contributed by atoms with Gasteiger partial charge in [0.15, 0.2) is 11.5 Å².